The van der Waals surface area contributed by atoms with E-state index in [1.54, 1.807) is 0 Å². The van der Waals surface area contributed by atoms with Crippen LogP contribution in [0.4, 0.5) is 5.69 Å². The maximum atomic E-state index is 10.3. The lowest BCUT2D eigenvalue weighted by Crippen LogP contribution is -2.10. The Kier molecular flexibility index (Phi) is 14.2. The first kappa shape index (κ1) is 58.3. The van der Waals surface area contributed by atoms with Crippen LogP contribution in [0.5, 0.6) is 0 Å². The van der Waals surface area contributed by atoms with Gasteiger partial charge in [0.25, 0.3) is 0 Å². The molecule has 13 aromatic rings. The van der Waals surface area contributed by atoms with Crippen LogP contribution in [0, 0.1) is 29.2 Å². The minimum absolute atomic E-state index is 0.0956. The zero-order valence-electron chi connectivity index (χ0n) is 53.2. The third-order valence-electron chi connectivity index (χ3n) is 17.7. The molecule has 3 aromatic heterocycles. The summed E-state index contributed by atoms with van der Waals surface area (Å²) in [5, 5.41) is 24.8. The maximum absolute atomic E-state index is 10.3. The van der Waals surface area contributed by atoms with E-state index < -0.39 is 0 Å². The molecule has 0 unspecified atom stereocenters. The molecule has 10 aromatic carbocycles. The Bertz CT molecular complexity index is 4780. The zero-order valence-corrected chi connectivity index (χ0v) is 53.2. The highest BCUT2D eigenvalue weighted by Gasteiger charge is 2.27. The molecule has 0 fully saturated rings. The average molecular weight is 1170 g/mol. The van der Waals surface area contributed by atoms with Gasteiger partial charge < -0.3 is 9.13 Å². The van der Waals surface area contributed by atoms with E-state index in [1.165, 1.54) is 22.3 Å². The fourth-order valence-electron chi connectivity index (χ4n) is 12.5. The molecule has 0 atom stereocenters. The summed E-state index contributed by atoms with van der Waals surface area (Å²) < 4.78 is 4.75. The summed E-state index contributed by atoms with van der Waals surface area (Å²) in [6, 6.07) is 76.6. The van der Waals surface area contributed by atoms with Crippen molar-refractivity contribution in [3.8, 4) is 91.1 Å². The summed E-state index contributed by atoms with van der Waals surface area (Å²) in [5.74, 6) is 1.40. The van der Waals surface area contributed by atoms with Crippen LogP contribution in [0.2, 0.25) is 0 Å². The van der Waals surface area contributed by atoms with E-state index in [-0.39, 0.29) is 21.7 Å². The van der Waals surface area contributed by atoms with E-state index in [0.717, 1.165) is 105 Å². The molecule has 0 amide bonds. The van der Waals surface area contributed by atoms with Gasteiger partial charge in [-0.15, -0.1) is 0 Å². The van der Waals surface area contributed by atoms with E-state index >= 15 is 0 Å². The first-order valence-electron chi connectivity index (χ1n) is 30.8. The van der Waals surface area contributed by atoms with Gasteiger partial charge in [-0.3, -0.25) is 0 Å². The molecule has 90 heavy (non-hydrogen) atoms. The van der Waals surface area contributed by atoms with Crippen molar-refractivity contribution in [2.45, 2.75) is 105 Å². The van der Waals surface area contributed by atoms with Crippen LogP contribution in [0.3, 0.4) is 0 Å². The third kappa shape index (κ3) is 10.6. The van der Waals surface area contributed by atoms with Gasteiger partial charge in [-0.25, -0.2) is 19.8 Å². The Morgan fingerprint density at radius 1 is 0.333 bits per heavy atom. The first-order chi connectivity index (χ1) is 43.0. The van der Waals surface area contributed by atoms with Gasteiger partial charge in [0.2, 0.25) is 0 Å². The molecule has 0 saturated heterocycles. The van der Waals surface area contributed by atoms with E-state index in [4.69, 9.17) is 21.5 Å². The minimum Gasteiger partial charge on any atom is -0.309 e. The molecular formula is C82H70N8. The second-order valence-corrected chi connectivity index (χ2v) is 28.0. The summed E-state index contributed by atoms with van der Waals surface area (Å²) in [7, 11) is 0. The van der Waals surface area contributed by atoms with Gasteiger partial charge >= 0.3 is 0 Å². The largest absolute Gasteiger partial charge is 0.309 e. The van der Waals surface area contributed by atoms with E-state index in [0.29, 0.717) is 34.3 Å². The number of benzene rings is 10. The molecule has 3 heterocycles. The van der Waals surface area contributed by atoms with Crippen LogP contribution in [0.1, 0.15) is 116 Å². The van der Waals surface area contributed by atoms with Gasteiger partial charge in [0.15, 0.2) is 23.2 Å². The highest BCUT2D eigenvalue weighted by molar-refractivity contribution is 6.12. The van der Waals surface area contributed by atoms with Crippen molar-refractivity contribution in [1.82, 2.24) is 24.1 Å². The number of hydrogen-bond donors (Lipinski definition) is 0. The number of nitriles is 2. The SMILES string of the molecule is [C-]#[N+]c1cccc(-c2ccc(-c3nc(-c4ccc(-c5cccc(C#N)c5)c(-n5c6ccc(C(C)(C)C)cc6c6cc(C(C)(C)C)ccc65)c4)nc(-c4ccccc4-c4ccc(C#N)cc4)n3)cc2-n2c3ccc(C(C)(C)C)cc3c3cc(C(C)(C)C)ccc32)c1. The first-order valence-corrected chi connectivity index (χ1v) is 30.8. The minimum atomic E-state index is -0.0970. The summed E-state index contributed by atoms with van der Waals surface area (Å²) >= 11 is 0. The van der Waals surface area contributed by atoms with Crippen molar-refractivity contribution in [3.05, 3.63) is 251 Å². The Morgan fingerprint density at radius 3 is 1.13 bits per heavy atom. The fourth-order valence-corrected chi connectivity index (χ4v) is 12.5. The summed E-state index contributed by atoms with van der Waals surface area (Å²) in [5.41, 5.74) is 20.1. The maximum Gasteiger partial charge on any atom is 0.187 e. The summed E-state index contributed by atoms with van der Waals surface area (Å²) in [6.07, 6.45) is 0. The van der Waals surface area contributed by atoms with Crippen molar-refractivity contribution in [1.29, 1.82) is 10.5 Å². The number of aromatic nitrogens is 5. The number of nitrogens with zero attached hydrogens (tertiary/aromatic N) is 8. The third-order valence-corrected chi connectivity index (χ3v) is 17.7. The quantitative estimate of drug-likeness (QED) is 0.141. The topological polar surface area (TPSA) is 100 Å². The van der Waals surface area contributed by atoms with Crippen molar-refractivity contribution < 1.29 is 0 Å². The summed E-state index contributed by atoms with van der Waals surface area (Å²) in [4.78, 5) is 20.5. The van der Waals surface area contributed by atoms with Gasteiger partial charge in [0.1, 0.15) is 0 Å². The predicted octanol–water partition coefficient (Wildman–Crippen LogP) is 21.6. The highest BCUT2D eigenvalue weighted by Crippen LogP contribution is 2.45. The number of hydrogen-bond acceptors (Lipinski definition) is 5. The average Bonchev–Trinajstić information content (AvgIpc) is 1.56. The molecule has 13 rings (SSSR count). The van der Waals surface area contributed by atoms with Crippen molar-refractivity contribution in [2.75, 3.05) is 0 Å². The molecule has 0 bridgehead atoms. The van der Waals surface area contributed by atoms with Gasteiger partial charge in [-0.05, 0) is 157 Å². The van der Waals surface area contributed by atoms with Crippen LogP contribution in [-0.2, 0) is 21.7 Å². The van der Waals surface area contributed by atoms with E-state index in [2.05, 4.69) is 243 Å². The zero-order chi connectivity index (χ0) is 63.2. The van der Waals surface area contributed by atoms with Gasteiger partial charge in [-0.1, -0.05) is 198 Å². The highest BCUT2D eigenvalue weighted by atomic mass is 15.0. The molecule has 438 valence electrons. The van der Waals surface area contributed by atoms with Crippen LogP contribution < -0.4 is 0 Å². The van der Waals surface area contributed by atoms with Gasteiger partial charge in [0, 0.05) is 49.4 Å². The van der Waals surface area contributed by atoms with Crippen LogP contribution in [0.25, 0.3) is 127 Å². The molecule has 0 aliphatic rings. The van der Waals surface area contributed by atoms with Crippen LogP contribution in [-0.4, -0.2) is 24.1 Å². The molecular weight excluding hydrogens is 1100 g/mol. The van der Waals surface area contributed by atoms with Crippen molar-refractivity contribution >= 4 is 49.3 Å². The summed E-state index contributed by atoms with van der Waals surface area (Å²) in [6.45, 7) is 35.2. The molecule has 8 heteroatoms. The Hall–Kier alpha value is -10.7. The Balaban J connectivity index is 1.11. The van der Waals surface area contributed by atoms with Crippen molar-refractivity contribution in [2.24, 2.45) is 0 Å². The molecule has 0 spiro atoms. The standard InChI is InChI=1S/C82H70N8/c1-79(2,3)57-30-36-70-66(44-57)67-45-58(80(4,5)6)31-37-71(67)89(70)74-42-55(28-34-63(74)53-19-16-18-51(40-53)49-84)76-86-77(88-78(87-76)65-23-15-14-22-62(65)52-26-24-50(48-83)25-27-52)56-29-35-64(54-20-17-21-61(41-54)85-13)75(43-56)90-72-38-32-59(81(7,8)9)46-68(72)69-47-60(82(10,11)12)33-39-73(69)90/h14-47H,1-12H3. The smallest absolute Gasteiger partial charge is 0.187 e. The fraction of sp³-hybridized carbons (Fsp3) is 0.195. The number of fused-ring (bicyclic) bond motifs is 6. The lowest BCUT2D eigenvalue weighted by molar-refractivity contribution is 0.590. The lowest BCUT2D eigenvalue weighted by atomic mass is 9.85. The molecule has 0 N–H and O–H groups in total. The van der Waals surface area contributed by atoms with E-state index in [1.807, 2.05) is 72.8 Å². The lowest BCUT2D eigenvalue weighted by Gasteiger charge is -2.20. The van der Waals surface area contributed by atoms with Gasteiger partial charge in [-0.2, -0.15) is 10.5 Å². The number of rotatable bonds is 8. The second kappa shape index (κ2) is 21.8. The normalized spacial score (nSPS) is 12.2. The molecule has 0 aliphatic heterocycles. The molecule has 8 nitrogen and oxygen atoms in total. The second-order valence-electron chi connectivity index (χ2n) is 28.0. The monoisotopic (exact) mass is 1170 g/mol. The van der Waals surface area contributed by atoms with Crippen molar-refractivity contribution in [3.63, 3.8) is 0 Å². The molecule has 0 aliphatic carbocycles. The molecule has 0 radical (unpaired) electrons. The van der Waals surface area contributed by atoms with Crippen LogP contribution in [0.15, 0.2) is 206 Å². The Morgan fingerprint density at radius 2 is 0.722 bits per heavy atom. The van der Waals surface area contributed by atoms with E-state index in [9.17, 15) is 10.5 Å². The molecule has 0 saturated carbocycles. The van der Waals surface area contributed by atoms with Crippen LogP contribution >= 0.6 is 0 Å². The van der Waals surface area contributed by atoms with Gasteiger partial charge in [0.05, 0.1) is 63.3 Å². The Labute approximate surface area is 527 Å². The predicted molar refractivity (Wildman–Crippen MR) is 372 cm³/mol.